The van der Waals surface area contributed by atoms with Gasteiger partial charge in [-0.2, -0.15) is 4.98 Å². The normalized spacial score (nSPS) is 22.1. The van der Waals surface area contributed by atoms with E-state index < -0.39 is 0 Å². The molecule has 1 aliphatic heterocycles. The van der Waals surface area contributed by atoms with Crippen LogP contribution in [0.15, 0.2) is 28.8 Å². The van der Waals surface area contributed by atoms with Crippen LogP contribution < -0.4 is 5.32 Å². The number of H-pyrrole nitrogens is 1. The number of β-amino-alcohol motifs (C(OH)–C–C–N with tert-alkyl or cyclic N) is 1. The quantitative estimate of drug-likeness (QED) is 0.662. The number of nitrogens with one attached hydrogen (secondary N) is 2. The van der Waals surface area contributed by atoms with Crippen molar-refractivity contribution in [3.63, 3.8) is 0 Å². The Labute approximate surface area is 120 Å². The number of para-hydroxylation sites is 2. The van der Waals surface area contributed by atoms with Gasteiger partial charge in [0.05, 0.1) is 29.6 Å². The summed E-state index contributed by atoms with van der Waals surface area (Å²) in [6.45, 7) is 0.561. The molecule has 0 bridgehead atoms. The van der Waals surface area contributed by atoms with Crippen molar-refractivity contribution < 1.29 is 9.63 Å². The number of hydrogen-bond acceptors (Lipinski definition) is 6. The van der Waals surface area contributed by atoms with Crippen molar-refractivity contribution >= 4 is 11.0 Å². The van der Waals surface area contributed by atoms with Gasteiger partial charge in [-0.3, -0.25) is 0 Å². The van der Waals surface area contributed by atoms with E-state index in [4.69, 9.17) is 4.52 Å². The molecule has 0 aliphatic carbocycles. The van der Waals surface area contributed by atoms with Crippen LogP contribution in [0.3, 0.4) is 0 Å². The van der Waals surface area contributed by atoms with E-state index in [1.807, 2.05) is 24.3 Å². The summed E-state index contributed by atoms with van der Waals surface area (Å²) in [6, 6.07) is 7.81. The number of aromatic amines is 1. The molecule has 21 heavy (non-hydrogen) atoms. The lowest BCUT2D eigenvalue weighted by atomic mass is 10.2. The van der Waals surface area contributed by atoms with E-state index in [0.717, 1.165) is 16.9 Å². The summed E-state index contributed by atoms with van der Waals surface area (Å²) in [5.41, 5.74) is 1.92. The van der Waals surface area contributed by atoms with Gasteiger partial charge in [0, 0.05) is 6.54 Å². The van der Waals surface area contributed by atoms with Crippen molar-refractivity contribution in [1.29, 1.82) is 0 Å². The third-order valence-electron chi connectivity index (χ3n) is 3.65. The predicted octanol–water partition coefficient (Wildman–Crippen LogP) is 0.932. The number of nitrogens with zero attached hydrogens (tertiary/aromatic N) is 3. The fraction of sp³-hybridized carbons (Fsp3) is 0.357. The monoisotopic (exact) mass is 285 g/mol. The van der Waals surface area contributed by atoms with E-state index in [2.05, 4.69) is 25.4 Å². The maximum Gasteiger partial charge on any atom is 0.243 e. The number of aliphatic hydroxyl groups is 1. The van der Waals surface area contributed by atoms with Gasteiger partial charge in [0.1, 0.15) is 5.82 Å². The van der Waals surface area contributed by atoms with E-state index in [-0.39, 0.29) is 12.1 Å². The van der Waals surface area contributed by atoms with Crippen LogP contribution in [0, 0.1) is 0 Å². The Morgan fingerprint density at radius 3 is 3.00 bits per heavy atom. The highest BCUT2D eigenvalue weighted by Gasteiger charge is 2.28. The standard InChI is InChI=1S/C14H15N5O2/c20-8-5-11(15-7-8)14-18-13(19-21-14)6-12-16-9-3-1-2-4-10(9)17-12/h1-4,8,11,15,20H,5-7H2,(H,16,17)/t8-,11-/m0/s1. The van der Waals surface area contributed by atoms with Crippen molar-refractivity contribution in [2.45, 2.75) is 25.0 Å². The molecule has 4 rings (SSSR count). The summed E-state index contributed by atoms with van der Waals surface area (Å²) in [4.78, 5) is 12.1. The first-order valence-electron chi connectivity index (χ1n) is 6.95. The van der Waals surface area contributed by atoms with E-state index in [0.29, 0.717) is 31.1 Å². The molecule has 2 atom stereocenters. The minimum Gasteiger partial charge on any atom is -0.392 e. The number of rotatable bonds is 3. The molecular formula is C14H15N5O2. The highest BCUT2D eigenvalue weighted by molar-refractivity contribution is 5.74. The van der Waals surface area contributed by atoms with Crippen molar-refractivity contribution in [2.24, 2.45) is 0 Å². The summed E-state index contributed by atoms with van der Waals surface area (Å²) >= 11 is 0. The van der Waals surface area contributed by atoms with Gasteiger partial charge < -0.3 is 19.9 Å². The van der Waals surface area contributed by atoms with E-state index in [1.165, 1.54) is 0 Å². The van der Waals surface area contributed by atoms with Crippen LogP contribution in [-0.4, -0.2) is 37.9 Å². The van der Waals surface area contributed by atoms with Crippen molar-refractivity contribution in [2.75, 3.05) is 6.54 Å². The number of fused-ring (bicyclic) bond motifs is 1. The van der Waals surface area contributed by atoms with Crippen LogP contribution in [0.5, 0.6) is 0 Å². The largest absolute Gasteiger partial charge is 0.392 e. The zero-order valence-electron chi connectivity index (χ0n) is 11.3. The van der Waals surface area contributed by atoms with Crippen molar-refractivity contribution in [3.8, 4) is 0 Å². The average Bonchev–Trinajstić information content (AvgIpc) is 3.17. The fourth-order valence-corrected chi connectivity index (χ4v) is 2.63. The molecule has 0 spiro atoms. The number of hydrogen-bond donors (Lipinski definition) is 3. The summed E-state index contributed by atoms with van der Waals surface area (Å²) in [5, 5.41) is 16.7. The molecule has 3 heterocycles. The third-order valence-corrected chi connectivity index (χ3v) is 3.65. The number of benzene rings is 1. The first-order valence-corrected chi connectivity index (χ1v) is 6.95. The zero-order chi connectivity index (χ0) is 14.2. The summed E-state index contributed by atoms with van der Waals surface area (Å²) < 4.78 is 5.27. The van der Waals surface area contributed by atoms with Crippen molar-refractivity contribution in [1.82, 2.24) is 25.4 Å². The van der Waals surface area contributed by atoms with Crippen LogP contribution in [0.4, 0.5) is 0 Å². The van der Waals surface area contributed by atoms with E-state index >= 15 is 0 Å². The third kappa shape index (κ3) is 2.41. The molecule has 0 unspecified atom stereocenters. The first-order chi connectivity index (χ1) is 10.3. The molecule has 1 aromatic carbocycles. The predicted molar refractivity (Wildman–Crippen MR) is 74.6 cm³/mol. The lowest BCUT2D eigenvalue weighted by Crippen LogP contribution is -2.15. The topological polar surface area (TPSA) is 99.9 Å². The van der Waals surface area contributed by atoms with Gasteiger partial charge in [-0.25, -0.2) is 4.98 Å². The van der Waals surface area contributed by atoms with E-state index in [1.54, 1.807) is 0 Å². The number of aliphatic hydroxyl groups excluding tert-OH is 1. The molecular weight excluding hydrogens is 270 g/mol. The second kappa shape index (κ2) is 4.94. The molecule has 0 radical (unpaired) electrons. The van der Waals surface area contributed by atoms with E-state index in [9.17, 15) is 5.11 Å². The summed E-state index contributed by atoms with van der Waals surface area (Å²) in [7, 11) is 0. The summed E-state index contributed by atoms with van der Waals surface area (Å²) in [6.07, 6.45) is 0.750. The van der Waals surface area contributed by atoms with Gasteiger partial charge in [0.15, 0.2) is 5.82 Å². The number of imidazole rings is 1. The Bertz CT molecular complexity index is 732. The molecule has 7 heteroatoms. The molecule has 2 aromatic heterocycles. The van der Waals surface area contributed by atoms with Crippen LogP contribution in [0.2, 0.25) is 0 Å². The van der Waals surface area contributed by atoms with Gasteiger partial charge in [-0.05, 0) is 18.6 Å². The van der Waals surface area contributed by atoms with Gasteiger partial charge in [-0.1, -0.05) is 17.3 Å². The lowest BCUT2D eigenvalue weighted by molar-refractivity contribution is 0.191. The zero-order valence-corrected chi connectivity index (χ0v) is 11.3. The minimum absolute atomic E-state index is 0.0584. The van der Waals surface area contributed by atoms with Gasteiger partial charge in [0.25, 0.3) is 0 Å². The number of aromatic nitrogens is 4. The lowest BCUT2D eigenvalue weighted by Gasteiger charge is -2.01. The van der Waals surface area contributed by atoms with Crippen LogP contribution in [-0.2, 0) is 6.42 Å². The second-order valence-corrected chi connectivity index (χ2v) is 5.28. The molecule has 108 valence electrons. The SMILES string of the molecule is O[C@@H]1CN[C@H](c2nc(Cc3nc4ccccc4[nH]3)no2)C1. The second-order valence-electron chi connectivity index (χ2n) is 5.28. The molecule has 0 saturated carbocycles. The molecule has 1 fully saturated rings. The van der Waals surface area contributed by atoms with Crippen molar-refractivity contribution in [3.05, 3.63) is 41.8 Å². The molecule has 1 saturated heterocycles. The van der Waals surface area contributed by atoms with Gasteiger partial charge >= 0.3 is 0 Å². The fourth-order valence-electron chi connectivity index (χ4n) is 2.63. The average molecular weight is 285 g/mol. The molecule has 3 N–H and O–H groups in total. The Morgan fingerprint density at radius 1 is 1.29 bits per heavy atom. The Kier molecular flexibility index (Phi) is 2.94. The molecule has 1 aliphatic rings. The molecule has 7 nitrogen and oxygen atoms in total. The Hall–Kier alpha value is -2.25. The first kappa shape index (κ1) is 12.5. The van der Waals surface area contributed by atoms with Crippen LogP contribution >= 0.6 is 0 Å². The smallest absolute Gasteiger partial charge is 0.243 e. The Morgan fingerprint density at radius 2 is 2.19 bits per heavy atom. The summed E-state index contributed by atoms with van der Waals surface area (Å²) in [5.74, 6) is 1.92. The minimum atomic E-state index is -0.347. The Balaban J connectivity index is 1.53. The highest BCUT2D eigenvalue weighted by atomic mass is 16.5. The van der Waals surface area contributed by atoms with Gasteiger partial charge in [0.2, 0.25) is 5.89 Å². The van der Waals surface area contributed by atoms with Crippen LogP contribution in [0.1, 0.15) is 30.0 Å². The maximum atomic E-state index is 9.52. The van der Waals surface area contributed by atoms with Crippen LogP contribution in [0.25, 0.3) is 11.0 Å². The highest BCUT2D eigenvalue weighted by Crippen LogP contribution is 2.22. The van der Waals surface area contributed by atoms with Gasteiger partial charge in [-0.15, -0.1) is 0 Å². The molecule has 3 aromatic rings. The maximum absolute atomic E-state index is 9.52. The molecule has 0 amide bonds.